The van der Waals surface area contributed by atoms with E-state index >= 15 is 0 Å². The molecule has 1 atom stereocenters. The molecule has 3 rings (SSSR count). The fraction of sp³-hybridized carbons (Fsp3) is 0.500. The molecule has 0 aliphatic carbocycles. The van der Waals surface area contributed by atoms with Gasteiger partial charge in [-0.3, -0.25) is 4.79 Å². The Morgan fingerprint density at radius 3 is 2.94 bits per heavy atom. The van der Waals surface area contributed by atoms with Crippen molar-refractivity contribution in [2.75, 3.05) is 46.5 Å². The van der Waals surface area contributed by atoms with Crippen LogP contribution >= 0.6 is 11.3 Å². The first-order valence-electron chi connectivity index (χ1n) is 11.3. The number of carbonyl (C=O) groups is 2. The van der Waals surface area contributed by atoms with Crippen molar-refractivity contribution in [3.8, 4) is 5.75 Å². The third-order valence-corrected chi connectivity index (χ3v) is 6.53. The molecule has 33 heavy (non-hydrogen) atoms. The number of halogens is 1. The van der Waals surface area contributed by atoms with E-state index in [1.54, 1.807) is 40.4 Å². The zero-order valence-electron chi connectivity index (χ0n) is 19.2. The molecular weight excluding hydrogens is 445 g/mol. The molecule has 0 spiro atoms. The Hall–Kier alpha value is -2.65. The van der Waals surface area contributed by atoms with Gasteiger partial charge in [-0.15, -0.1) is 11.3 Å². The van der Waals surface area contributed by atoms with E-state index in [9.17, 15) is 14.0 Å². The fourth-order valence-electron chi connectivity index (χ4n) is 3.86. The average molecular weight is 478 g/mol. The second-order valence-corrected chi connectivity index (χ2v) is 8.92. The number of hydrogen-bond acceptors (Lipinski definition) is 5. The Morgan fingerprint density at radius 2 is 2.18 bits per heavy atom. The van der Waals surface area contributed by atoms with Crippen molar-refractivity contribution in [3.63, 3.8) is 0 Å². The Balaban J connectivity index is 1.72. The number of rotatable bonds is 11. The summed E-state index contributed by atoms with van der Waals surface area (Å²) in [7, 11) is 1.61. The van der Waals surface area contributed by atoms with E-state index in [0.717, 1.165) is 18.4 Å². The van der Waals surface area contributed by atoms with Crippen molar-refractivity contribution in [1.82, 2.24) is 15.1 Å². The molecule has 1 aliphatic rings. The highest BCUT2D eigenvalue weighted by atomic mass is 32.1. The number of hydrogen-bond donors (Lipinski definition) is 1. The predicted molar refractivity (Wildman–Crippen MR) is 126 cm³/mol. The molecule has 1 N–H and O–H groups in total. The van der Waals surface area contributed by atoms with Crippen LogP contribution in [0.1, 0.15) is 36.2 Å². The van der Waals surface area contributed by atoms with Crippen LogP contribution in [0.3, 0.4) is 0 Å². The third-order valence-electron chi connectivity index (χ3n) is 5.54. The Bertz CT molecular complexity index is 923. The minimum Gasteiger partial charge on any atom is -0.491 e. The van der Waals surface area contributed by atoms with Gasteiger partial charge in [0.1, 0.15) is 24.7 Å². The van der Waals surface area contributed by atoms with E-state index in [2.05, 4.69) is 5.32 Å². The molecular formula is C24H32FN3O4S. The first-order valence-corrected chi connectivity index (χ1v) is 12.2. The van der Waals surface area contributed by atoms with E-state index in [4.69, 9.17) is 9.47 Å². The number of methoxy groups -OCH3 is 1. The van der Waals surface area contributed by atoms with Crippen molar-refractivity contribution >= 4 is 23.3 Å². The summed E-state index contributed by atoms with van der Waals surface area (Å²) in [6, 6.07) is 7.46. The summed E-state index contributed by atoms with van der Waals surface area (Å²) >= 11 is 1.67. The summed E-state index contributed by atoms with van der Waals surface area (Å²) in [5.41, 5.74) is 1.05. The minimum atomic E-state index is -0.370. The maximum Gasteiger partial charge on any atom is 0.317 e. The zero-order valence-corrected chi connectivity index (χ0v) is 20.0. The second-order valence-electron chi connectivity index (χ2n) is 7.92. The van der Waals surface area contributed by atoms with Gasteiger partial charge in [0.2, 0.25) is 5.91 Å². The van der Waals surface area contributed by atoms with Crippen LogP contribution in [0.2, 0.25) is 0 Å². The lowest BCUT2D eigenvalue weighted by molar-refractivity contribution is -0.135. The maximum atomic E-state index is 13.6. The molecule has 1 aromatic carbocycles. The number of ether oxygens (including phenoxy) is 2. The summed E-state index contributed by atoms with van der Waals surface area (Å²) in [4.78, 5) is 30.6. The topological polar surface area (TPSA) is 71.1 Å². The monoisotopic (exact) mass is 477 g/mol. The van der Waals surface area contributed by atoms with Gasteiger partial charge in [-0.05, 0) is 48.4 Å². The highest BCUT2D eigenvalue weighted by Crippen LogP contribution is 2.34. The second kappa shape index (κ2) is 12.6. The highest BCUT2D eigenvalue weighted by Gasteiger charge is 2.33. The van der Waals surface area contributed by atoms with Crippen LogP contribution in [0, 0.1) is 5.82 Å². The van der Waals surface area contributed by atoms with Crippen LogP contribution in [0.25, 0.3) is 0 Å². The standard InChI is InChI=1S/C24H32FN3O4S/c1-3-10-26-24(30)27(11-5-13-31-2)16-23(29)28-12-8-22-20(9-14-33-22)21(28)17-32-19-7-4-6-18(25)15-19/h4,6-7,9,14-15,21H,3,5,8,10-13,16-17H2,1-2H3,(H,26,30). The van der Waals surface area contributed by atoms with Crippen LogP contribution in [0.15, 0.2) is 35.7 Å². The highest BCUT2D eigenvalue weighted by molar-refractivity contribution is 7.10. The zero-order chi connectivity index (χ0) is 23.6. The summed E-state index contributed by atoms with van der Waals surface area (Å²) in [5.74, 6) is -0.0845. The molecule has 2 aromatic rings. The van der Waals surface area contributed by atoms with E-state index in [1.165, 1.54) is 17.0 Å². The third kappa shape index (κ3) is 6.91. The molecule has 180 valence electrons. The molecule has 1 unspecified atom stereocenters. The molecule has 0 radical (unpaired) electrons. The van der Waals surface area contributed by atoms with E-state index in [0.29, 0.717) is 38.4 Å². The smallest absolute Gasteiger partial charge is 0.317 e. The van der Waals surface area contributed by atoms with Crippen LogP contribution in [-0.4, -0.2) is 68.2 Å². The maximum absolute atomic E-state index is 13.6. The van der Waals surface area contributed by atoms with Crippen molar-refractivity contribution in [1.29, 1.82) is 0 Å². The van der Waals surface area contributed by atoms with Crippen molar-refractivity contribution in [3.05, 3.63) is 52.0 Å². The quantitative estimate of drug-likeness (QED) is 0.499. The fourth-order valence-corrected chi connectivity index (χ4v) is 4.78. The number of amides is 3. The number of carbonyl (C=O) groups excluding carboxylic acids is 2. The molecule has 0 saturated heterocycles. The molecule has 1 aromatic heterocycles. The molecule has 0 fully saturated rings. The first kappa shape index (κ1) is 25.0. The molecule has 9 heteroatoms. The Morgan fingerprint density at radius 1 is 1.33 bits per heavy atom. The largest absolute Gasteiger partial charge is 0.491 e. The van der Waals surface area contributed by atoms with Gasteiger partial charge >= 0.3 is 6.03 Å². The summed E-state index contributed by atoms with van der Waals surface area (Å²) < 4.78 is 24.6. The van der Waals surface area contributed by atoms with Gasteiger partial charge in [-0.1, -0.05) is 13.0 Å². The van der Waals surface area contributed by atoms with Crippen LogP contribution in [0.5, 0.6) is 5.75 Å². The van der Waals surface area contributed by atoms with Gasteiger partial charge in [0.25, 0.3) is 0 Å². The number of fused-ring (bicyclic) bond motifs is 1. The molecule has 0 saturated carbocycles. The molecule has 2 heterocycles. The lowest BCUT2D eigenvalue weighted by Gasteiger charge is -2.37. The summed E-state index contributed by atoms with van der Waals surface area (Å²) in [6.07, 6.45) is 2.23. The van der Waals surface area contributed by atoms with Crippen LogP contribution in [-0.2, 0) is 16.0 Å². The first-order chi connectivity index (χ1) is 16.0. The van der Waals surface area contributed by atoms with E-state index < -0.39 is 0 Å². The normalized spacial score (nSPS) is 15.1. The Kier molecular flexibility index (Phi) is 9.50. The SMILES string of the molecule is CCCNC(=O)N(CCCOC)CC(=O)N1CCc2sccc2C1COc1cccc(F)c1. The molecule has 1 aliphatic heterocycles. The van der Waals surface area contributed by atoms with E-state index in [-0.39, 0.29) is 36.9 Å². The number of thiophene rings is 1. The van der Waals surface area contributed by atoms with E-state index in [1.807, 2.05) is 18.4 Å². The molecule has 0 bridgehead atoms. The molecule has 7 nitrogen and oxygen atoms in total. The number of benzene rings is 1. The number of nitrogens with zero attached hydrogens (tertiary/aromatic N) is 2. The molecule has 3 amide bonds. The number of urea groups is 1. The lowest BCUT2D eigenvalue weighted by atomic mass is 10.0. The summed E-state index contributed by atoms with van der Waals surface area (Å²) in [5, 5.41) is 4.88. The number of nitrogens with one attached hydrogen (secondary N) is 1. The van der Waals surface area contributed by atoms with Gasteiger partial charge in [-0.2, -0.15) is 0 Å². The van der Waals surface area contributed by atoms with Crippen LogP contribution < -0.4 is 10.1 Å². The predicted octanol–water partition coefficient (Wildman–Crippen LogP) is 3.85. The van der Waals surface area contributed by atoms with Gasteiger partial charge in [0, 0.05) is 44.3 Å². The average Bonchev–Trinajstić information content (AvgIpc) is 3.29. The van der Waals surface area contributed by atoms with Gasteiger partial charge in [0.15, 0.2) is 0 Å². The summed E-state index contributed by atoms with van der Waals surface area (Å²) in [6.45, 7) is 4.22. The van der Waals surface area contributed by atoms with Crippen molar-refractivity contribution in [2.45, 2.75) is 32.2 Å². The minimum absolute atomic E-state index is 0.0187. The van der Waals surface area contributed by atoms with Gasteiger partial charge in [-0.25, -0.2) is 9.18 Å². The van der Waals surface area contributed by atoms with Gasteiger partial charge in [0.05, 0.1) is 6.04 Å². The Labute approximate surface area is 198 Å². The lowest BCUT2D eigenvalue weighted by Crippen LogP contribution is -2.50. The van der Waals surface area contributed by atoms with Crippen molar-refractivity contribution < 1.29 is 23.5 Å². The van der Waals surface area contributed by atoms with Gasteiger partial charge < -0.3 is 24.6 Å². The van der Waals surface area contributed by atoms with Crippen molar-refractivity contribution in [2.24, 2.45) is 0 Å². The van der Waals surface area contributed by atoms with Crippen LogP contribution in [0.4, 0.5) is 9.18 Å².